The van der Waals surface area contributed by atoms with Crippen LogP contribution in [0.5, 0.6) is 5.75 Å². The number of amides is 1. The van der Waals surface area contributed by atoms with Crippen molar-refractivity contribution in [3.63, 3.8) is 0 Å². The standard InChI is InChI=1S/C20H27F3INO3/c1-19(2,3)28-18(26)25(15-7-5-4-6-8-15)12-14-9-10-17(16(24)11-14)27-13-20(21,22)23/h9-11,15H,4-8,12-13H2,1-3H3. The summed E-state index contributed by atoms with van der Waals surface area (Å²) >= 11 is 1.95. The van der Waals surface area contributed by atoms with E-state index in [4.69, 9.17) is 9.47 Å². The lowest BCUT2D eigenvalue weighted by atomic mass is 9.94. The molecule has 2 rings (SSSR count). The van der Waals surface area contributed by atoms with Crippen LogP contribution in [0.4, 0.5) is 18.0 Å². The molecule has 0 aliphatic heterocycles. The Morgan fingerprint density at radius 3 is 2.36 bits per heavy atom. The topological polar surface area (TPSA) is 38.8 Å². The number of halogens is 4. The average Bonchev–Trinajstić information content (AvgIpc) is 2.57. The van der Waals surface area contributed by atoms with Crippen LogP contribution in [-0.4, -0.2) is 35.4 Å². The number of ether oxygens (including phenoxy) is 2. The van der Waals surface area contributed by atoms with Gasteiger partial charge in [0.1, 0.15) is 11.4 Å². The summed E-state index contributed by atoms with van der Waals surface area (Å²) in [6.07, 6.45) is 0.452. The minimum atomic E-state index is -4.38. The van der Waals surface area contributed by atoms with Crippen LogP contribution in [0.1, 0.15) is 58.4 Å². The van der Waals surface area contributed by atoms with Crippen LogP contribution in [0.25, 0.3) is 0 Å². The number of alkyl halides is 3. The summed E-state index contributed by atoms with van der Waals surface area (Å²) in [6.45, 7) is 4.53. The molecule has 4 nitrogen and oxygen atoms in total. The van der Waals surface area contributed by atoms with Crippen molar-refractivity contribution in [3.8, 4) is 5.75 Å². The molecule has 158 valence electrons. The maximum atomic E-state index is 12.8. The number of hydrogen-bond donors (Lipinski definition) is 0. The number of carbonyl (C=O) groups excluding carboxylic acids is 1. The van der Waals surface area contributed by atoms with Gasteiger partial charge in [0.25, 0.3) is 0 Å². The molecule has 1 fully saturated rings. The molecule has 28 heavy (non-hydrogen) atoms. The van der Waals surface area contributed by atoms with E-state index in [1.807, 2.05) is 43.4 Å². The maximum Gasteiger partial charge on any atom is 0.422 e. The first-order chi connectivity index (χ1) is 12.9. The first kappa shape index (κ1) is 23.1. The van der Waals surface area contributed by atoms with E-state index < -0.39 is 18.4 Å². The minimum Gasteiger partial charge on any atom is -0.483 e. The van der Waals surface area contributed by atoms with Gasteiger partial charge in [0, 0.05) is 12.6 Å². The van der Waals surface area contributed by atoms with Crippen LogP contribution >= 0.6 is 22.6 Å². The third-order valence-corrected chi connectivity index (χ3v) is 5.23. The zero-order valence-electron chi connectivity index (χ0n) is 16.4. The van der Waals surface area contributed by atoms with E-state index in [0.29, 0.717) is 10.1 Å². The van der Waals surface area contributed by atoms with Gasteiger partial charge in [-0.2, -0.15) is 13.2 Å². The molecular formula is C20H27F3INO3. The van der Waals surface area contributed by atoms with Crippen LogP contribution in [0.15, 0.2) is 18.2 Å². The first-order valence-electron chi connectivity index (χ1n) is 9.42. The Bertz CT molecular complexity index is 668. The van der Waals surface area contributed by atoms with Gasteiger partial charge in [-0.25, -0.2) is 4.79 Å². The van der Waals surface area contributed by atoms with Crippen LogP contribution < -0.4 is 4.74 Å². The summed E-state index contributed by atoms with van der Waals surface area (Å²) in [5, 5.41) is 0. The Labute approximate surface area is 177 Å². The lowest BCUT2D eigenvalue weighted by Crippen LogP contribution is -2.43. The van der Waals surface area contributed by atoms with Gasteiger partial charge in [-0.15, -0.1) is 0 Å². The lowest BCUT2D eigenvalue weighted by molar-refractivity contribution is -0.153. The van der Waals surface area contributed by atoms with Crippen LogP contribution in [0.2, 0.25) is 0 Å². The molecule has 1 aliphatic carbocycles. The van der Waals surface area contributed by atoms with Crippen LogP contribution in [-0.2, 0) is 11.3 Å². The van der Waals surface area contributed by atoms with Gasteiger partial charge in [-0.3, -0.25) is 0 Å². The van der Waals surface area contributed by atoms with Gasteiger partial charge in [-0.05, 0) is 73.9 Å². The third kappa shape index (κ3) is 7.67. The van der Waals surface area contributed by atoms with Crippen molar-refractivity contribution in [1.82, 2.24) is 4.90 Å². The number of nitrogens with zero attached hydrogens (tertiary/aromatic N) is 1. The zero-order chi connectivity index (χ0) is 20.9. The Morgan fingerprint density at radius 2 is 1.82 bits per heavy atom. The van der Waals surface area contributed by atoms with Crippen LogP contribution in [0.3, 0.4) is 0 Å². The van der Waals surface area contributed by atoms with E-state index in [-0.39, 0.29) is 17.9 Å². The Morgan fingerprint density at radius 1 is 1.18 bits per heavy atom. The predicted molar refractivity (Wildman–Crippen MR) is 109 cm³/mol. The van der Waals surface area contributed by atoms with E-state index in [0.717, 1.165) is 31.2 Å². The molecule has 0 atom stereocenters. The molecule has 1 aromatic rings. The highest BCUT2D eigenvalue weighted by Crippen LogP contribution is 2.29. The molecule has 8 heteroatoms. The predicted octanol–water partition coefficient (Wildman–Crippen LogP) is 6.30. The van der Waals surface area contributed by atoms with Gasteiger partial charge in [0.15, 0.2) is 6.61 Å². The Balaban J connectivity index is 2.14. The molecule has 0 N–H and O–H groups in total. The molecule has 0 spiro atoms. The molecule has 0 unspecified atom stereocenters. The SMILES string of the molecule is CC(C)(C)OC(=O)N(Cc1ccc(OCC(F)(F)F)c(I)c1)C1CCCCC1. The summed E-state index contributed by atoms with van der Waals surface area (Å²) in [5.41, 5.74) is 0.244. The van der Waals surface area contributed by atoms with Crippen molar-refractivity contribution in [2.75, 3.05) is 6.61 Å². The highest BCUT2D eigenvalue weighted by atomic mass is 127. The van der Waals surface area contributed by atoms with Gasteiger partial charge in [0.05, 0.1) is 3.57 Å². The third-order valence-electron chi connectivity index (χ3n) is 4.38. The molecule has 0 heterocycles. The van der Waals surface area contributed by atoms with E-state index in [2.05, 4.69) is 0 Å². The summed E-state index contributed by atoms with van der Waals surface area (Å²) in [5.74, 6) is 0.183. The summed E-state index contributed by atoms with van der Waals surface area (Å²) in [4.78, 5) is 14.5. The van der Waals surface area contributed by atoms with E-state index in [1.54, 1.807) is 17.0 Å². The van der Waals surface area contributed by atoms with Gasteiger partial charge >= 0.3 is 12.3 Å². The summed E-state index contributed by atoms with van der Waals surface area (Å²) in [7, 11) is 0. The minimum absolute atomic E-state index is 0.113. The smallest absolute Gasteiger partial charge is 0.422 e. The summed E-state index contributed by atoms with van der Waals surface area (Å²) in [6, 6.07) is 5.10. The first-order valence-corrected chi connectivity index (χ1v) is 10.5. The van der Waals surface area contributed by atoms with Crippen molar-refractivity contribution < 1.29 is 27.4 Å². The molecule has 0 bridgehead atoms. The molecule has 0 radical (unpaired) electrons. The number of rotatable bonds is 5. The molecule has 1 aliphatic rings. The number of carbonyl (C=O) groups is 1. The van der Waals surface area contributed by atoms with Crippen molar-refractivity contribution in [2.45, 2.75) is 77.2 Å². The largest absolute Gasteiger partial charge is 0.483 e. The van der Waals surface area contributed by atoms with Crippen molar-refractivity contribution in [2.24, 2.45) is 0 Å². The fourth-order valence-electron chi connectivity index (χ4n) is 3.17. The molecular weight excluding hydrogens is 486 g/mol. The van der Waals surface area contributed by atoms with Crippen molar-refractivity contribution in [1.29, 1.82) is 0 Å². The number of benzene rings is 1. The van der Waals surface area contributed by atoms with E-state index >= 15 is 0 Å². The molecule has 0 saturated heterocycles. The molecule has 1 amide bonds. The highest BCUT2D eigenvalue weighted by molar-refractivity contribution is 14.1. The van der Waals surface area contributed by atoms with Crippen molar-refractivity contribution in [3.05, 3.63) is 27.3 Å². The normalized spacial score (nSPS) is 16.0. The fraction of sp³-hybridized carbons (Fsp3) is 0.650. The second-order valence-corrected chi connectivity index (χ2v) is 9.23. The van der Waals surface area contributed by atoms with E-state index in [1.165, 1.54) is 12.5 Å². The second kappa shape index (κ2) is 9.54. The molecule has 0 aromatic heterocycles. The molecule has 1 aromatic carbocycles. The monoisotopic (exact) mass is 513 g/mol. The highest BCUT2D eigenvalue weighted by Gasteiger charge is 2.30. The summed E-state index contributed by atoms with van der Waals surface area (Å²) < 4.78 is 48.1. The van der Waals surface area contributed by atoms with Gasteiger partial charge < -0.3 is 14.4 Å². The maximum absolute atomic E-state index is 12.8. The zero-order valence-corrected chi connectivity index (χ0v) is 18.6. The van der Waals surface area contributed by atoms with Gasteiger partial charge in [-0.1, -0.05) is 25.3 Å². The number of hydrogen-bond acceptors (Lipinski definition) is 3. The van der Waals surface area contributed by atoms with Gasteiger partial charge in [0.2, 0.25) is 0 Å². The quantitative estimate of drug-likeness (QED) is 0.434. The van der Waals surface area contributed by atoms with Crippen LogP contribution in [0, 0.1) is 3.57 Å². The Hall–Kier alpha value is -1.19. The second-order valence-electron chi connectivity index (χ2n) is 8.07. The fourth-order valence-corrected chi connectivity index (χ4v) is 3.91. The molecule has 1 saturated carbocycles. The Kier molecular flexibility index (Phi) is 7.87. The lowest BCUT2D eigenvalue weighted by Gasteiger charge is -2.35. The van der Waals surface area contributed by atoms with E-state index in [9.17, 15) is 18.0 Å². The average molecular weight is 513 g/mol. The van der Waals surface area contributed by atoms with Crippen molar-refractivity contribution >= 4 is 28.7 Å².